The Morgan fingerprint density at radius 1 is 0.968 bits per heavy atom. The molecule has 0 amide bonds. The fourth-order valence-corrected chi connectivity index (χ4v) is 4.16. The summed E-state index contributed by atoms with van der Waals surface area (Å²) in [4.78, 5) is 18.1. The Labute approximate surface area is 181 Å². The third-order valence-electron chi connectivity index (χ3n) is 5.86. The van der Waals surface area contributed by atoms with Crippen LogP contribution >= 0.6 is 0 Å². The molecule has 0 unspecified atom stereocenters. The molecule has 10 N–H and O–H groups in total. The van der Waals surface area contributed by atoms with Crippen molar-refractivity contribution in [2.24, 2.45) is 23.1 Å². The zero-order valence-corrected chi connectivity index (χ0v) is 17.6. The Morgan fingerprint density at radius 3 is 2.26 bits per heavy atom. The van der Waals surface area contributed by atoms with E-state index in [1.54, 1.807) is 0 Å². The van der Waals surface area contributed by atoms with Crippen molar-refractivity contribution in [2.75, 3.05) is 53.6 Å². The van der Waals surface area contributed by atoms with Gasteiger partial charge in [0.25, 0.3) is 0 Å². The first-order valence-electron chi connectivity index (χ1n) is 10.7. The van der Waals surface area contributed by atoms with Crippen molar-refractivity contribution in [3.63, 3.8) is 0 Å². The van der Waals surface area contributed by atoms with E-state index in [4.69, 9.17) is 27.9 Å². The number of nitrogens with zero attached hydrogens (tertiary/aromatic N) is 5. The number of rotatable bonds is 5. The number of nitrogen functional groups attached to an aromatic ring is 1. The van der Waals surface area contributed by atoms with Crippen molar-refractivity contribution in [2.45, 2.75) is 31.0 Å². The zero-order valence-electron chi connectivity index (χ0n) is 17.6. The predicted molar refractivity (Wildman–Crippen MR) is 122 cm³/mol. The zero-order chi connectivity index (χ0) is 22.0. The van der Waals surface area contributed by atoms with Gasteiger partial charge in [0.1, 0.15) is 0 Å². The van der Waals surface area contributed by atoms with Crippen LogP contribution in [0.15, 0.2) is 24.3 Å². The van der Waals surface area contributed by atoms with Gasteiger partial charge in [0.15, 0.2) is 0 Å². The summed E-state index contributed by atoms with van der Waals surface area (Å²) in [6, 6.07) is 7.28. The highest BCUT2D eigenvalue weighted by molar-refractivity contribution is 5.59. The Kier molecular flexibility index (Phi) is 6.37. The molecule has 2 aromatic rings. The molecule has 0 radical (unpaired) electrons. The number of benzene rings is 1. The molecular weight excluding hydrogens is 396 g/mol. The van der Waals surface area contributed by atoms with Crippen LogP contribution in [0.4, 0.5) is 29.2 Å². The molecule has 0 saturated carbocycles. The van der Waals surface area contributed by atoms with Gasteiger partial charge in [-0.05, 0) is 43.7 Å². The summed E-state index contributed by atoms with van der Waals surface area (Å²) >= 11 is 0. The smallest absolute Gasteiger partial charge is 0.233 e. The van der Waals surface area contributed by atoms with Gasteiger partial charge in [-0.25, -0.2) is 0 Å². The highest BCUT2D eigenvalue weighted by atomic mass is 16.3. The van der Waals surface area contributed by atoms with Crippen LogP contribution in [-0.4, -0.2) is 71.0 Å². The number of hydrogen-bond acceptors (Lipinski definition) is 11. The Bertz CT molecular complexity index is 869. The van der Waals surface area contributed by atoms with Crippen molar-refractivity contribution >= 4 is 29.2 Å². The number of nitrogens with two attached hydrogens (primary N) is 4. The summed E-state index contributed by atoms with van der Waals surface area (Å²) in [6.45, 7) is 2.89. The lowest BCUT2D eigenvalue weighted by Gasteiger charge is -2.37. The lowest BCUT2D eigenvalue weighted by molar-refractivity contribution is 0.0917. The van der Waals surface area contributed by atoms with E-state index in [-0.39, 0.29) is 18.0 Å². The van der Waals surface area contributed by atoms with E-state index in [0.29, 0.717) is 62.7 Å². The average Bonchev–Trinajstić information content (AvgIpc) is 2.75. The van der Waals surface area contributed by atoms with Crippen molar-refractivity contribution in [1.29, 1.82) is 0 Å². The second-order valence-electron chi connectivity index (χ2n) is 8.46. The lowest BCUT2D eigenvalue weighted by Crippen LogP contribution is -2.53. The van der Waals surface area contributed by atoms with Crippen LogP contribution in [0, 0.1) is 5.92 Å². The topological polar surface area (TPSA) is 181 Å². The largest absolute Gasteiger partial charge is 0.399 e. The molecule has 2 saturated heterocycles. The van der Waals surface area contributed by atoms with E-state index in [2.05, 4.69) is 15.3 Å². The highest BCUT2D eigenvalue weighted by Crippen LogP contribution is 2.25. The predicted octanol–water partition coefficient (Wildman–Crippen LogP) is -0.792. The SMILES string of the molecule is NC[C@@H]1CN(c2nc(Nc3ccc(N)cc3)nc(N3C[C@H](N)C[C@H](N)C3)n2)CC[C@@H]1O. The van der Waals surface area contributed by atoms with Gasteiger partial charge in [-0.3, -0.25) is 0 Å². The summed E-state index contributed by atoms with van der Waals surface area (Å²) < 4.78 is 0. The third kappa shape index (κ3) is 5.13. The fourth-order valence-electron chi connectivity index (χ4n) is 4.16. The first-order chi connectivity index (χ1) is 14.9. The van der Waals surface area contributed by atoms with Crippen molar-refractivity contribution in [1.82, 2.24) is 15.0 Å². The summed E-state index contributed by atoms with van der Waals surface area (Å²) in [5.74, 6) is 1.47. The molecule has 11 heteroatoms. The van der Waals surface area contributed by atoms with Crippen LogP contribution in [0.25, 0.3) is 0 Å². The fraction of sp³-hybridized carbons (Fsp3) is 0.550. The molecule has 11 nitrogen and oxygen atoms in total. The Morgan fingerprint density at radius 2 is 1.61 bits per heavy atom. The minimum absolute atomic E-state index is 0.0284. The molecular formula is C20H32N10O. The van der Waals surface area contributed by atoms with Crippen molar-refractivity contribution < 1.29 is 5.11 Å². The minimum Gasteiger partial charge on any atom is -0.399 e. The maximum Gasteiger partial charge on any atom is 0.233 e. The molecule has 168 valence electrons. The molecule has 0 bridgehead atoms. The Hall–Kier alpha value is -2.73. The highest BCUT2D eigenvalue weighted by Gasteiger charge is 2.30. The second-order valence-corrected chi connectivity index (χ2v) is 8.46. The summed E-state index contributed by atoms with van der Waals surface area (Å²) in [5.41, 5.74) is 25.5. The maximum atomic E-state index is 10.2. The first kappa shape index (κ1) is 21.5. The van der Waals surface area contributed by atoms with Gasteiger partial charge in [-0.15, -0.1) is 0 Å². The molecule has 1 aromatic carbocycles. The van der Waals surface area contributed by atoms with Gasteiger partial charge in [-0.2, -0.15) is 15.0 Å². The van der Waals surface area contributed by atoms with E-state index in [9.17, 15) is 5.11 Å². The first-order valence-corrected chi connectivity index (χ1v) is 10.7. The number of hydrogen-bond donors (Lipinski definition) is 6. The number of aliphatic hydroxyl groups excluding tert-OH is 1. The number of anilines is 5. The Balaban J connectivity index is 1.65. The molecule has 2 aliphatic rings. The molecule has 4 atom stereocenters. The number of aromatic nitrogens is 3. The third-order valence-corrected chi connectivity index (χ3v) is 5.86. The number of piperidine rings is 2. The van der Waals surface area contributed by atoms with E-state index in [1.807, 2.05) is 34.1 Å². The number of nitrogens with one attached hydrogen (secondary N) is 1. The van der Waals surface area contributed by atoms with Gasteiger partial charge in [-0.1, -0.05) is 0 Å². The van der Waals surface area contributed by atoms with Crippen molar-refractivity contribution in [3.8, 4) is 0 Å². The van der Waals surface area contributed by atoms with E-state index < -0.39 is 6.10 Å². The second kappa shape index (κ2) is 9.18. The molecule has 0 spiro atoms. The number of aliphatic hydroxyl groups is 1. The van der Waals surface area contributed by atoms with Gasteiger partial charge < -0.3 is 43.2 Å². The molecule has 4 rings (SSSR count). The van der Waals surface area contributed by atoms with Gasteiger partial charge >= 0.3 is 0 Å². The lowest BCUT2D eigenvalue weighted by atomic mass is 9.95. The monoisotopic (exact) mass is 428 g/mol. The van der Waals surface area contributed by atoms with Gasteiger partial charge in [0.05, 0.1) is 6.10 Å². The quantitative estimate of drug-likeness (QED) is 0.328. The average molecular weight is 429 g/mol. The maximum absolute atomic E-state index is 10.2. The summed E-state index contributed by atoms with van der Waals surface area (Å²) in [6.07, 6.45) is 0.976. The van der Waals surface area contributed by atoms with Crippen LogP contribution in [0.2, 0.25) is 0 Å². The summed E-state index contributed by atoms with van der Waals surface area (Å²) in [5, 5.41) is 13.4. The van der Waals surface area contributed by atoms with E-state index >= 15 is 0 Å². The molecule has 0 aliphatic carbocycles. The van der Waals surface area contributed by atoms with Crippen LogP contribution in [0.1, 0.15) is 12.8 Å². The van der Waals surface area contributed by atoms with Crippen LogP contribution in [-0.2, 0) is 0 Å². The molecule has 3 heterocycles. The summed E-state index contributed by atoms with van der Waals surface area (Å²) in [7, 11) is 0. The minimum atomic E-state index is -0.409. The van der Waals surface area contributed by atoms with E-state index in [0.717, 1.165) is 12.1 Å². The molecule has 2 fully saturated rings. The molecule has 1 aromatic heterocycles. The molecule has 31 heavy (non-hydrogen) atoms. The van der Waals surface area contributed by atoms with E-state index in [1.165, 1.54) is 0 Å². The van der Waals surface area contributed by atoms with Gasteiger partial charge in [0, 0.05) is 55.6 Å². The van der Waals surface area contributed by atoms with Gasteiger partial charge in [0.2, 0.25) is 17.8 Å². The van der Waals surface area contributed by atoms with Crippen LogP contribution in [0.5, 0.6) is 0 Å². The van der Waals surface area contributed by atoms with Crippen LogP contribution in [0.3, 0.4) is 0 Å². The normalized spacial score (nSPS) is 26.7. The van der Waals surface area contributed by atoms with Crippen LogP contribution < -0.4 is 38.1 Å². The molecule has 2 aliphatic heterocycles. The van der Waals surface area contributed by atoms with Crippen molar-refractivity contribution in [3.05, 3.63) is 24.3 Å². The standard InChI is InChI=1S/C20H32N10O/c21-8-12-9-29(6-5-17(12)31)19-26-18(25-16-3-1-13(22)2-4-16)27-20(28-19)30-10-14(23)7-15(24)11-30/h1-4,12,14-15,17,31H,5-11,21-24H2,(H,25,26,27,28)/t12-,14-,15+,17+/m1/s1.